The molecule has 8 aromatic rings. The summed E-state index contributed by atoms with van der Waals surface area (Å²) in [5.74, 6) is 14.3. The van der Waals surface area contributed by atoms with Crippen molar-refractivity contribution in [3.63, 3.8) is 0 Å². The molecule has 9 rings (SSSR count). The summed E-state index contributed by atoms with van der Waals surface area (Å²) >= 11 is 0. The Kier molecular flexibility index (Phi) is 6.70. The third-order valence-electron chi connectivity index (χ3n) is 8.94. The molecule has 0 spiro atoms. The molecule has 4 heteroatoms. The Morgan fingerprint density at radius 2 is 1.04 bits per heavy atom. The Bertz CT molecular complexity index is 2710. The van der Waals surface area contributed by atoms with Gasteiger partial charge in [0.05, 0.1) is 22.2 Å². The summed E-state index contributed by atoms with van der Waals surface area (Å²) in [7, 11) is 0. The van der Waals surface area contributed by atoms with E-state index in [0.717, 1.165) is 84.7 Å². The molecule has 4 heterocycles. The second-order valence-electron chi connectivity index (χ2n) is 11.8. The summed E-state index contributed by atoms with van der Waals surface area (Å²) in [6.07, 6.45) is 12.2. The Balaban J connectivity index is 1.57. The van der Waals surface area contributed by atoms with Gasteiger partial charge in [-0.05, 0) is 79.6 Å². The van der Waals surface area contributed by atoms with Crippen LogP contribution in [0, 0.1) is 23.7 Å². The predicted octanol–water partition coefficient (Wildman–Crippen LogP) is 9.67. The molecule has 224 valence electrons. The van der Waals surface area contributed by atoms with E-state index in [1.807, 2.05) is 85.2 Å². The number of allylic oxidation sites excluding steroid dienone is 4. The number of pyridine rings is 2. The number of aromatic nitrogens is 4. The average Bonchev–Trinajstić information content (AvgIpc) is 3.69. The van der Waals surface area contributed by atoms with Crippen LogP contribution >= 0.6 is 0 Å². The number of rotatable bonds is 2. The zero-order valence-corrected chi connectivity index (χ0v) is 26.1. The maximum absolute atomic E-state index is 5.03. The maximum atomic E-state index is 5.03. The molecule has 0 bridgehead atoms. The van der Waals surface area contributed by atoms with Crippen molar-refractivity contribution in [3.8, 4) is 29.4 Å². The molecule has 48 heavy (non-hydrogen) atoms. The van der Waals surface area contributed by atoms with Gasteiger partial charge in [-0.1, -0.05) is 90.4 Å². The molecule has 4 aromatic carbocycles. The molecular weight excluding hydrogens is 585 g/mol. The molecule has 0 radical (unpaired) electrons. The molecule has 4 nitrogen and oxygen atoms in total. The fourth-order valence-electron chi connectivity index (χ4n) is 6.88. The fourth-order valence-corrected chi connectivity index (χ4v) is 6.88. The smallest absolute Gasteiger partial charge is 0.145 e. The molecule has 0 unspecified atom stereocenters. The highest BCUT2D eigenvalue weighted by Gasteiger charge is 2.28. The van der Waals surface area contributed by atoms with Crippen molar-refractivity contribution < 1.29 is 0 Å². The Morgan fingerprint density at radius 3 is 1.58 bits per heavy atom. The zero-order chi connectivity index (χ0) is 31.9. The molecule has 0 N–H and O–H groups in total. The van der Waals surface area contributed by atoms with E-state index < -0.39 is 0 Å². The number of hydrogen-bond acceptors (Lipinski definition) is 2. The third-order valence-corrected chi connectivity index (χ3v) is 8.94. The molecule has 1 aliphatic rings. The largest absolute Gasteiger partial charge is 0.295 e. The van der Waals surface area contributed by atoms with Crippen LogP contribution in [-0.4, -0.2) is 19.1 Å². The van der Waals surface area contributed by atoms with Crippen LogP contribution in [-0.2, 0) is 0 Å². The van der Waals surface area contributed by atoms with Crippen LogP contribution in [0.15, 0.2) is 146 Å². The lowest BCUT2D eigenvalue weighted by Gasteiger charge is -2.16. The highest BCUT2D eigenvalue weighted by molar-refractivity contribution is 6.27. The number of fused-ring (bicyclic) bond motifs is 7. The monoisotopic (exact) mass is 612 g/mol. The van der Waals surface area contributed by atoms with Crippen molar-refractivity contribution in [2.75, 3.05) is 0 Å². The van der Waals surface area contributed by atoms with E-state index in [2.05, 4.69) is 93.5 Å². The van der Waals surface area contributed by atoms with E-state index in [0.29, 0.717) is 0 Å². The van der Waals surface area contributed by atoms with Crippen molar-refractivity contribution >= 4 is 49.6 Å². The van der Waals surface area contributed by atoms with Gasteiger partial charge in [-0.3, -0.25) is 9.13 Å². The Labute approximate surface area is 278 Å². The van der Waals surface area contributed by atoms with Gasteiger partial charge in [0.25, 0.3) is 0 Å². The molecule has 4 aromatic heterocycles. The van der Waals surface area contributed by atoms with E-state index in [4.69, 9.17) is 9.97 Å². The summed E-state index contributed by atoms with van der Waals surface area (Å²) in [6.45, 7) is 0. The van der Waals surface area contributed by atoms with E-state index in [1.165, 1.54) is 5.70 Å². The lowest BCUT2D eigenvalue weighted by Crippen LogP contribution is -2.03. The van der Waals surface area contributed by atoms with E-state index in [9.17, 15) is 0 Å². The zero-order valence-electron chi connectivity index (χ0n) is 26.1. The number of benzene rings is 4. The lowest BCUT2D eigenvalue weighted by atomic mass is 9.95. The summed E-state index contributed by atoms with van der Waals surface area (Å²) < 4.78 is 4.65. The standard InChI is InChI=1S/C44H28N4/c1-5-15-31(16-6-1)25-27-35-36(28-26-32-17-7-2-8-18-32)40-38-24-14-30-46-44(38)48(34-21-11-4-12-22-34)42(40)41-39(35)37-23-13-29-45-43(37)47(41)33-19-9-3-10-20-33/h1-11,13-21,23-24,29-30H,12,22H2. The first kappa shape index (κ1) is 27.7. The van der Waals surface area contributed by atoms with E-state index in [-0.39, 0.29) is 0 Å². The molecule has 0 fully saturated rings. The van der Waals surface area contributed by atoms with Crippen molar-refractivity contribution in [2.24, 2.45) is 0 Å². The SMILES string of the molecule is C(#Cc1c(C#Cc2ccccc2)c2c3cccnc3n(-c3ccccc3)c2c2c1c1cccnc1n2C1=CC=CCC1)c1ccccc1. The molecule has 0 aliphatic heterocycles. The minimum Gasteiger partial charge on any atom is -0.295 e. The quantitative estimate of drug-likeness (QED) is 0.182. The summed E-state index contributed by atoms with van der Waals surface area (Å²) in [6, 6.07) is 39.2. The first-order valence-electron chi connectivity index (χ1n) is 16.2. The third kappa shape index (κ3) is 4.51. The van der Waals surface area contributed by atoms with Crippen molar-refractivity contribution in [3.05, 3.63) is 168 Å². The Hall–Kier alpha value is -6.62. The summed E-state index contributed by atoms with van der Waals surface area (Å²) in [5, 5.41) is 4.15. The van der Waals surface area contributed by atoms with Crippen molar-refractivity contribution in [2.45, 2.75) is 12.8 Å². The van der Waals surface area contributed by atoms with Gasteiger partial charge in [-0.2, -0.15) is 0 Å². The summed E-state index contributed by atoms with van der Waals surface area (Å²) in [4.78, 5) is 10.0. The molecule has 0 saturated carbocycles. The average molecular weight is 613 g/mol. The van der Waals surface area contributed by atoms with Gasteiger partial charge in [0.2, 0.25) is 0 Å². The highest BCUT2D eigenvalue weighted by atomic mass is 15.1. The van der Waals surface area contributed by atoms with Gasteiger partial charge in [-0.25, -0.2) is 9.97 Å². The normalized spacial score (nSPS) is 12.5. The van der Waals surface area contributed by atoms with Gasteiger partial charge in [-0.15, -0.1) is 0 Å². The second-order valence-corrected chi connectivity index (χ2v) is 11.8. The molecule has 1 aliphatic carbocycles. The van der Waals surface area contributed by atoms with Gasteiger partial charge in [0.1, 0.15) is 11.3 Å². The number of para-hydroxylation sites is 1. The number of nitrogens with zero attached hydrogens (tertiary/aromatic N) is 4. The molecule has 0 atom stereocenters. The lowest BCUT2D eigenvalue weighted by molar-refractivity contribution is 0.971. The van der Waals surface area contributed by atoms with E-state index >= 15 is 0 Å². The number of hydrogen-bond donors (Lipinski definition) is 0. The van der Waals surface area contributed by atoms with Gasteiger partial charge < -0.3 is 0 Å². The maximum Gasteiger partial charge on any atom is 0.145 e. The van der Waals surface area contributed by atoms with Gasteiger partial charge in [0, 0.05) is 56.4 Å². The molecule has 0 saturated heterocycles. The van der Waals surface area contributed by atoms with Crippen LogP contribution in [0.1, 0.15) is 35.1 Å². The minimum absolute atomic E-state index is 0.873. The fraction of sp³-hybridized carbons (Fsp3) is 0.0455. The topological polar surface area (TPSA) is 35.6 Å². The van der Waals surface area contributed by atoms with Crippen LogP contribution in [0.4, 0.5) is 0 Å². The molecular formula is C44H28N4. The highest BCUT2D eigenvalue weighted by Crippen LogP contribution is 2.45. The van der Waals surface area contributed by atoms with Crippen LogP contribution in [0.25, 0.3) is 55.3 Å². The van der Waals surface area contributed by atoms with Gasteiger partial charge in [0.15, 0.2) is 0 Å². The first-order chi connectivity index (χ1) is 23.9. The molecule has 0 amide bonds. The summed E-state index contributed by atoms with van der Waals surface area (Å²) in [5.41, 5.74) is 9.78. The van der Waals surface area contributed by atoms with Crippen LogP contribution in [0.2, 0.25) is 0 Å². The van der Waals surface area contributed by atoms with Crippen LogP contribution < -0.4 is 0 Å². The first-order valence-corrected chi connectivity index (χ1v) is 16.2. The van der Waals surface area contributed by atoms with Crippen molar-refractivity contribution in [1.29, 1.82) is 0 Å². The predicted molar refractivity (Wildman–Crippen MR) is 197 cm³/mol. The minimum atomic E-state index is 0.873. The van der Waals surface area contributed by atoms with Crippen LogP contribution in [0.3, 0.4) is 0 Å². The Morgan fingerprint density at radius 1 is 0.521 bits per heavy atom. The van der Waals surface area contributed by atoms with Crippen LogP contribution in [0.5, 0.6) is 0 Å². The van der Waals surface area contributed by atoms with E-state index in [1.54, 1.807) is 0 Å². The van der Waals surface area contributed by atoms with Crippen molar-refractivity contribution in [1.82, 2.24) is 19.1 Å². The van der Waals surface area contributed by atoms with Gasteiger partial charge >= 0.3 is 0 Å². The second kappa shape index (κ2) is 11.6.